The first-order valence-corrected chi connectivity index (χ1v) is 9.22. The number of rotatable bonds is 5. The Kier molecular flexibility index (Phi) is 4.81. The van der Waals surface area contributed by atoms with Crippen LogP contribution in [-0.2, 0) is 6.42 Å². The molecule has 0 atom stereocenters. The number of benzene rings is 1. The lowest BCUT2D eigenvalue weighted by Gasteiger charge is -2.32. The number of aromatic amines is 1. The van der Waals surface area contributed by atoms with Gasteiger partial charge in [-0.05, 0) is 50.2 Å². The number of pyridine rings is 1. The maximum absolute atomic E-state index is 4.16. The van der Waals surface area contributed by atoms with Crippen molar-refractivity contribution in [3.8, 4) is 11.3 Å². The number of piperazine rings is 1. The zero-order valence-corrected chi connectivity index (χ0v) is 14.9. The number of para-hydroxylation sites is 1. The molecular weight excluding hydrogens is 308 g/mol. The van der Waals surface area contributed by atoms with E-state index in [2.05, 4.69) is 63.2 Å². The van der Waals surface area contributed by atoms with Gasteiger partial charge in [0.05, 0.1) is 0 Å². The van der Waals surface area contributed by atoms with Crippen LogP contribution in [0.2, 0.25) is 0 Å². The quantitative estimate of drug-likeness (QED) is 0.776. The van der Waals surface area contributed by atoms with Crippen molar-refractivity contribution in [2.45, 2.75) is 12.8 Å². The fourth-order valence-corrected chi connectivity index (χ4v) is 3.78. The molecule has 1 aromatic carbocycles. The number of H-pyrrole nitrogens is 1. The molecule has 0 radical (unpaired) electrons. The summed E-state index contributed by atoms with van der Waals surface area (Å²) >= 11 is 0. The van der Waals surface area contributed by atoms with Crippen molar-refractivity contribution in [2.24, 2.45) is 0 Å². The summed E-state index contributed by atoms with van der Waals surface area (Å²) < 4.78 is 0. The van der Waals surface area contributed by atoms with Gasteiger partial charge >= 0.3 is 0 Å². The number of aryl methyl sites for hydroxylation is 1. The van der Waals surface area contributed by atoms with Crippen LogP contribution in [0.5, 0.6) is 0 Å². The number of hydrogen-bond donors (Lipinski definition) is 1. The first-order valence-electron chi connectivity index (χ1n) is 9.22. The second kappa shape index (κ2) is 7.38. The van der Waals surface area contributed by atoms with Crippen LogP contribution in [0.25, 0.3) is 22.2 Å². The van der Waals surface area contributed by atoms with Gasteiger partial charge < -0.3 is 14.8 Å². The van der Waals surface area contributed by atoms with Crippen molar-refractivity contribution < 1.29 is 0 Å². The maximum Gasteiger partial charge on any atom is 0.0498 e. The molecule has 0 saturated carbocycles. The van der Waals surface area contributed by atoms with Crippen LogP contribution in [0.1, 0.15) is 12.0 Å². The molecule has 0 amide bonds. The van der Waals surface area contributed by atoms with Crippen LogP contribution >= 0.6 is 0 Å². The van der Waals surface area contributed by atoms with Crippen molar-refractivity contribution in [3.05, 3.63) is 54.4 Å². The Hall–Kier alpha value is -2.17. The summed E-state index contributed by atoms with van der Waals surface area (Å²) in [5.74, 6) is 0. The molecule has 4 nitrogen and oxygen atoms in total. The summed E-state index contributed by atoms with van der Waals surface area (Å²) in [4.78, 5) is 12.8. The van der Waals surface area contributed by atoms with Gasteiger partial charge in [0.1, 0.15) is 0 Å². The highest BCUT2D eigenvalue weighted by molar-refractivity contribution is 5.90. The largest absolute Gasteiger partial charge is 0.354 e. The van der Waals surface area contributed by atoms with Gasteiger partial charge in [0, 0.05) is 60.7 Å². The van der Waals surface area contributed by atoms with Gasteiger partial charge in [-0.3, -0.25) is 4.98 Å². The lowest BCUT2D eigenvalue weighted by atomic mass is 10.0. The van der Waals surface area contributed by atoms with Gasteiger partial charge in [-0.1, -0.05) is 18.2 Å². The van der Waals surface area contributed by atoms with Crippen molar-refractivity contribution >= 4 is 10.9 Å². The molecule has 0 unspecified atom stereocenters. The fraction of sp³-hybridized carbons (Fsp3) is 0.381. The average molecular weight is 334 g/mol. The van der Waals surface area contributed by atoms with Crippen LogP contribution in [-0.4, -0.2) is 59.5 Å². The number of nitrogens with zero attached hydrogens (tertiary/aromatic N) is 3. The van der Waals surface area contributed by atoms with E-state index >= 15 is 0 Å². The number of aromatic nitrogens is 2. The summed E-state index contributed by atoms with van der Waals surface area (Å²) in [6.45, 7) is 5.96. The van der Waals surface area contributed by atoms with Gasteiger partial charge in [0.15, 0.2) is 0 Å². The summed E-state index contributed by atoms with van der Waals surface area (Å²) in [7, 11) is 2.21. The number of nitrogens with one attached hydrogen (secondary N) is 1. The molecule has 1 N–H and O–H groups in total. The topological polar surface area (TPSA) is 35.2 Å². The van der Waals surface area contributed by atoms with Crippen molar-refractivity contribution in [1.29, 1.82) is 0 Å². The molecule has 130 valence electrons. The van der Waals surface area contributed by atoms with Crippen LogP contribution < -0.4 is 0 Å². The molecule has 3 heterocycles. The predicted molar refractivity (Wildman–Crippen MR) is 104 cm³/mol. The Balaban J connectivity index is 1.53. The molecule has 1 aliphatic rings. The smallest absolute Gasteiger partial charge is 0.0498 e. The van der Waals surface area contributed by atoms with Gasteiger partial charge in [-0.2, -0.15) is 0 Å². The Bertz CT molecular complexity index is 816. The van der Waals surface area contributed by atoms with Crippen LogP contribution in [0.15, 0.2) is 48.8 Å². The van der Waals surface area contributed by atoms with E-state index in [9.17, 15) is 0 Å². The van der Waals surface area contributed by atoms with E-state index in [-0.39, 0.29) is 0 Å². The fourth-order valence-electron chi connectivity index (χ4n) is 3.78. The molecule has 4 rings (SSSR count). The Morgan fingerprint density at radius 1 is 1.00 bits per heavy atom. The first-order chi connectivity index (χ1) is 12.3. The van der Waals surface area contributed by atoms with Crippen LogP contribution in [0.3, 0.4) is 0 Å². The second-order valence-corrected chi connectivity index (χ2v) is 7.01. The summed E-state index contributed by atoms with van der Waals surface area (Å²) in [5.41, 5.74) is 5.14. The van der Waals surface area contributed by atoms with Crippen LogP contribution in [0, 0.1) is 0 Å². The molecule has 1 saturated heterocycles. The Labute approximate surface area is 149 Å². The minimum Gasteiger partial charge on any atom is -0.354 e. The standard InChI is InChI=1S/C21H26N4/c1-24-13-15-25(16-14-24)12-4-6-19-18-5-2-3-7-20(18)23-21(19)17-8-10-22-11-9-17/h2-3,5,7-11,23H,4,6,12-16H2,1H3. The lowest BCUT2D eigenvalue weighted by Crippen LogP contribution is -2.44. The van der Waals surface area contributed by atoms with Crippen molar-refractivity contribution in [1.82, 2.24) is 19.8 Å². The molecule has 1 fully saturated rings. The monoisotopic (exact) mass is 334 g/mol. The van der Waals surface area contributed by atoms with E-state index in [1.807, 2.05) is 12.4 Å². The molecule has 0 spiro atoms. The third-order valence-corrected chi connectivity index (χ3v) is 5.28. The first kappa shape index (κ1) is 16.3. The van der Waals surface area contributed by atoms with Crippen LogP contribution in [0.4, 0.5) is 0 Å². The molecular formula is C21H26N4. The molecule has 3 aromatic rings. The number of hydrogen-bond acceptors (Lipinski definition) is 3. The van der Waals surface area contributed by atoms with Gasteiger partial charge in [0.2, 0.25) is 0 Å². The lowest BCUT2D eigenvalue weighted by molar-refractivity contribution is 0.153. The van der Waals surface area contributed by atoms with E-state index in [0.29, 0.717) is 0 Å². The number of fused-ring (bicyclic) bond motifs is 1. The maximum atomic E-state index is 4.16. The van der Waals surface area contributed by atoms with Gasteiger partial charge in [0.25, 0.3) is 0 Å². The van der Waals surface area contributed by atoms with Gasteiger partial charge in [-0.25, -0.2) is 0 Å². The van der Waals surface area contributed by atoms with E-state index in [1.165, 1.54) is 66.9 Å². The van der Waals surface area contributed by atoms with Crippen molar-refractivity contribution in [3.63, 3.8) is 0 Å². The molecule has 25 heavy (non-hydrogen) atoms. The Morgan fingerprint density at radius 3 is 2.56 bits per heavy atom. The highest BCUT2D eigenvalue weighted by Crippen LogP contribution is 2.31. The third kappa shape index (κ3) is 3.60. The van der Waals surface area contributed by atoms with E-state index in [4.69, 9.17) is 0 Å². The predicted octanol–water partition coefficient (Wildman–Crippen LogP) is 3.41. The zero-order valence-electron chi connectivity index (χ0n) is 14.9. The van der Waals surface area contributed by atoms with E-state index in [1.54, 1.807) is 0 Å². The summed E-state index contributed by atoms with van der Waals surface area (Å²) in [6, 6.07) is 12.8. The molecule has 0 aliphatic carbocycles. The molecule has 2 aromatic heterocycles. The minimum atomic E-state index is 1.11. The third-order valence-electron chi connectivity index (χ3n) is 5.28. The molecule has 4 heteroatoms. The summed E-state index contributed by atoms with van der Waals surface area (Å²) in [6.07, 6.45) is 6.04. The highest BCUT2D eigenvalue weighted by Gasteiger charge is 2.15. The molecule has 0 bridgehead atoms. The second-order valence-electron chi connectivity index (χ2n) is 7.01. The normalized spacial score (nSPS) is 16.5. The highest BCUT2D eigenvalue weighted by atomic mass is 15.2. The van der Waals surface area contributed by atoms with E-state index < -0.39 is 0 Å². The zero-order chi connectivity index (χ0) is 17.1. The van der Waals surface area contributed by atoms with E-state index in [0.717, 1.165) is 6.42 Å². The Morgan fingerprint density at radius 2 is 1.76 bits per heavy atom. The SMILES string of the molecule is CN1CCN(CCCc2c(-c3ccncc3)[nH]c3ccccc23)CC1. The van der Waals surface area contributed by atoms with Crippen molar-refractivity contribution in [2.75, 3.05) is 39.8 Å². The molecule has 1 aliphatic heterocycles. The summed E-state index contributed by atoms with van der Waals surface area (Å²) in [5, 5.41) is 1.35. The minimum absolute atomic E-state index is 1.11. The average Bonchev–Trinajstić information content (AvgIpc) is 3.03. The number of likely N-dealkylation sites (N-methyl/N-ethyl adjacent to an activating group) is 1. The van der Waals surface area contributed by atoms with Gasteiger partial charge in [-0.15, -0.1) is 0 Å².